The Hall–Kier alpha value is -0.560. The summed E-state index contributed by atoms with van der Waals surface area (Å²) < 4.78 is 32.8. The van der Waals surface area contributed by atoms with Crippen LogP contribution in [-0.4, -0.2) is 33.2 Å². The summed E-state index contributed by atoms with van der Waals surface area (Å²) in [4.78, 5) is 0.242. The van der Waals surface area contributed by atoms with Gasteiger partial charge in [-0.2, -0.15) is 0 Å². The molecule has 0 amide bonds. The third-order valence-electron chi connectivity index (χ3n) is 2.35. The van der Waals surface area contributed by atoms with Gasteiger partial charge in [0.1, 0.15) is 0 Å². The molecule has 0 radical (unpaired) electrons. The second-order valence-electron chi connectivity index (χ2n) is 3.48. The van der Waals surface area contributed by atoms with E-state index in [0.717, 1.165) is 5.69 Å². The van der Waals surface area contributed by atoms with E-state index in [2.05, 4.69) is 4.72 Å². The molecule has 0 aliphatic rings. The Morgan fingerprint density at radius 1 is 1.53 bits per heavy atom. The first-order valence-corrected chi connectivity index (χ1v) is 7.30. The zero-order chi connectivity index (χ0) is 12.9. The first-order valence-electron chi connectivity index (χ1n) is 5.28. The van der Waals surface area contributed by atoms with Gasteiger partial charge < -0.3 is 9.30 Å². The van der Waals surface area contributed by atoms with Gasteiger partial charge >= 0.3 is 0 Å². The molecule has 0 spiro atoms. The molecule has 1 N–H and O–H groups in total. The quantitative estimate of drug-likeness (QED) is 0.602. The molecule has 0 atom stereocenters. The van der Waals surface area contributed by atoms with Gasteiger partial charge in [0.25, 0.3) is 0 Å². The lowest BCUT2D eigenvalue weighted by Crippen LogP contribution is -2.26. The second-order valence-corrected chi connectivity index (χ2v) is 5.51. The van der Waals surface area contributed by atoms with Gasteiger partial charge in [-0.1, -0.05) is 0 Å². The van der Waals surface area contributed by atoms with Crippen molar-refractivity contribution < 1.29 is 13.2 Å². The van der Waals surface area contributed by atoms with Gasteiger partial charge in [0.2, 0.25) is 10.0 Å². The first-order chi connectivity index (χ1) is 8.05. The van der Waals surface area contributed by atoms with Gasteiger partial charge in [-0.15, -0.1) is 11.6 Å². The van der Waals surface area contributed by atoms with Crippen molar-refractivity contribution in [3.8, 4) is 0 Å². The number of halogens is 1. The maximum atomic E-state index is 11.9. The summed E-state index contributed by atoms with van der Waals surface area (Å²) in [5.74, 6) is 0.293. The fraction of sp³-hybridized carbons (Fsp3) is 0.600. The summed E-state index contributed by atoms with van der Waals surface area (Å²) in [6.45, 7) is 3.23. The molecular weight excluding hydrogens is 264 g/mol. The maximum absolute atomic E-state index is 11.9. The van der Waals surface area contributed by atoms with E-state index >= 15 is 0 Å². The third-order valence-corrected chi connectivity index (χ3v) is 4.05. The molecule has 0 unspecified atom stereocenters. The zero-order valence-corrected chi connectivity index (χ0v) is 11.5. The van der Waals surface area contributed by atoms with Crippen LogP contribution in [0.1, 0.15) is 12.6 Å². The molecule has 0 aliphatic heterocycles. The molecule has 5 nitrogen and oxygen atoms in total. The number of alkyl halides is 1. The van der Waals surface area contributed by atoms with Crippen molar-refractivity contribution in [1.29, 1.82) is 0 Å². The van der Waals surface area contributed by atoms with Crippen LogP contribution in [0.2, 0.25) is 0 Å². The van der Waals surface area contributed by atoms with Crippen LogP contribution in [0.5, 0.6) is 0 Å². The number of aromatic nitrogens is 1. The van der Waals surface area contributed by atoms with Crippen LogP contribution in [0, 0.1) is 0 Å². The highest BCUT2D eigenvalue weighted by atomic mass is 35.5. The zero-order valence-electron chi connectivity index (χ0n) is 9.94. The molecular formula is C10H17ClN2O3S. The molecule has 1 heterocycles. The fourth-order valence-electron chi connectivity index (χ4n) is 1.44. The standard InChI is InChI=1S/C10H17ClN2O3S/c1-3-13-8-10(6-9(13)7-11)17(14,15)12-4-5-16-2/h6,8,12H,3-5,7H2,1-2H3. The summed E-state index contributed by atoms with van der Waals surface area (Å²) in [5.41, 5.74) is 0.793. The molecule has 0 bridgehead atoms. The SMILES string of the molecule is CCn1cc(S(=O)(=O)NCCOC)cc1CCl. The molecule has 0 saturated carbocycles. The molecule has 0 saturated heterocycles. The highest BCUT2D eigenvalue weighted by Gasteiger charge is 2.17. The van der Waals surface area contributed by atoms with Crippen LogP contribution in [0.3, 0.4) is 0 Å². The highest BCUT2D eigenvalue weighted by Crippen LogP contribution is 2.15. The van der Waals surface area contributed by atoms with Crippen molar-refractivity contribution in [2.45, 2.75) is 24.2 Å². The van der Waals surface area contributed by atoms with Crippen LogP contribution < -0.4 is 4.72 Å². The molecule has 98 valence electrons. The van der Waals surface area contributed by atoms with E-state index in [1.807, 2.05) is 11.5 Å². The molecule has 0 fully saturated rings. The first kappa shape index (κ1) is 14.5. The number of nitrogens with one attached hydrogen (secondary N) is 1. The predicted molar refractivity (Wildman–Crippen MR) is 66.7 cm³/mol. The van der Waals surface area contributed by atoms with Gasteiger partial charge in [-0.3, -0.25) is 0 Å². The molecule has 1 rings (SSSR count). The monoisotopic (exact) mass is 280 g/mol. The van der Waals surface area contributed by atoms with Crippen molar-refractivity contribution >= 4 is 21.6 Å². The highest BCUT2D eigenvalue weighted by molar-refractivity contribution is 7.89. The van der Waals surface area contributed by atoms with Crippen molar-refractivity contribution in [1.82, 2.24) is 9.29 Å². The largest absolute Gasteiger partial charge is 0.383 e. The van der Waals surface area contributed by atoms with Crippen LogP contribution in [0.4, 0.5) is 0 Å². The molecule has 0 aliphatic carbocycles. The number of nitrogens with zero attached hydrogens (tertiary/aromatic N) is 1. The minimum atomic E-state index is -3.46. The lowest BCUT2D eigenvalue weighted by atomic mass is 10.5. The fourth-order valence-corrected chi connectivity index (χ4v) is 2.75. The molecule has 1 aromatic rings. The van der Waals surface area contributed by atoms with Crippen molar-refractivity contribution in [2.24, 2.45) is 0 Å². The lowest BCUT2D eigenvalue weighted by molar-refractivity contribution is 0.204. The summed E-state index contributed by atoms with van der Waals surface area (Å²) in [5, 5.41) is 0. The van der Waals surface area contributed by atoms with E-state index < -0.39 is 10.0 Å². The number of ether oxygens (including phenoxy) is 1. The molecule has 17 heavy (non-hydrogen) atoms. The molecule has 1 aromatic heterocycles. The molecule has 7 heteroatoms. The van der Waals surface area contributed by atoms with Crippen molar-refractivity contribution in [2.75, 3.05) is 20.3 Å². The van der Waals surface area contributed by atoms with E-state index in [9.17, 15) is 8.42 Å². The van der Waals surface area contributed by atoms with Crippen LogP contribution in [0.15, 0.2) is 17.2 Å². The van der Waals surface area contributed by atoms with Crippen LogP contribution in [-0.2, 0) is 27.2 Å². The number of rotatable bonds is 7. The summed E-state index contributed by atoms with van der Waals surface area (Å²) in [6.07, 6.45) is 1.59. The maximum Gasteiger partial charge on any atom is 0.242 e. The van der Waals surface area contributed by atoms with E-state index in [4.69, 9.17) is 16.3 Å². The van der Waals surface area contributed by atoms with Crippen LogP contribution in [0.25, 0.3) is 0 Å². The van der Waals surface area contributed by atoms with Gasteiger partial charge in [0, 0.05) is 32.1 Å². The average molecular weight is 281 g/mol. The van der Waals surface area contributed by atoms with Crippen molar-refractivity contribution in [3.63, 3.8) is 0 Å². The Bertz CT molecular complexity index is 435. The van der Waals surface area contributed by atoms with Gasteiger partial charge in [0.15, 0.2) is 0 Å². The van der Waals surface area contributed by atoms with E-state index in [0.29, 0.717) is 19.0 Å². The predicted octanol–water partition coefficient (Wildman–Crippen LogP) is 1.17. The Kier molecular flexibility index (Phi) is 5.45. The summed E-state index contributed by atoms with van der Waals surface area (Å²) >= 11 is 5.74. The molecule has 0 aromatic carbocycles. The van der Waals surface area contributed by atoms with Gasteiger partial charge in [-0.25, -0.2) is 13.1 Å². The van der Waals surface area contributed by atoms with E-state index in [1.54, 1.807) is 12.3 Å². The van der Waals surface area contributed by atoms with Gasteiger partial charge in [0.05, 0.1) is 17.4 Å². The van der Waals surface area contributed by atoms with E-state index in [-0.39, 0.29) is 11.4 Å². The smallest absolute Gasteiger partial charge is 0.242 e. The Balaban J connectivity index is 2.87. The van der Waals surface area contributed by atoms with Crippen LogP contribution >= 0.6 is 11.6 Å². The average Bonchev–Trinajstić information content (AvgIpc) is 2.73. The second kappa shape index (κ2) is 6.39. The van der Waals surface area contributed by atoms with Crippen molar-refractivity contribution in [3.05, 3.63) is 18.0 Å². The minimum Gasteiger partial charge on any atom is -0.383 e. The number of sulfonamides is 1. The third kappa shape index (κ3) is 3.70. The Labute approximate surface area is 107 Å². The van der Waals surface area contributed by atoms with Gasteiger partial charge in [-0.05, 0) is 13.0 Å². The summed E-state index contributed by atoms with van der Waals surface area (Å²) in [7, 11) is -1.94. The summed E-state index contributed by atoms with van der Waals surface area (Å²) in [6, 6.07) is 1.59. The number of methoxy groups -OCH3 is 1. The number of hydrogen-bond acceptors (Lipinski definition) is 3. The number of aryl methyl sites for hydroxylation is 1. The Morgan fingerprint density at radius 3 is 2.71 bits per heavy atom. The van der Waals surface area contributed by atoms with E-state index in [1.165, 1.54) is 7.11 Å². The lowest BCUT2D eigenvalue weighted by Gasteiger charge is -2.03. The topological polar surface area (TPSA) is 60.3 Å². The normalized spacial score (nSPS) is 11.9. The Morgan fingerprint density at radius 2 is 2.24 bits per heavy atom. The minimum absolute atomic E-state index is 0.242. The number of hydrogen-bond donors (Lipinski definition) is 1.